The first kappa shape index (κ1) is 58.4. The van der Waals surface area contributed by atoms with E-state index in [9.17, 15) is 31.5 Å². The number of nitrogens with one attached hydrogen (secondary N) is 3. The molecule has 4 aliphatic heterocycles. The number of hydrogen-bond donors (Lipinski definition) is 5. The van der Waals surface area contributed by atoms with Crippen molar-refractivity contribution >= 4 is 95.2 Å². The van der Waals surface area contributed by atoms with Gasteiger partial charge in [-0.25, -0.2) is 35.8 Å². The Morgan fingerprint density at radius 3 is 1.61 bits per heavy atom. The van der Waals surface area contributed by atoms with E-state index in [0.717, 1.165) is 119 Å². The predicted octanol–water partition coefficient (Wildman–Crippen LogP) is 7.84. The Bertz CT molecular complexity index is 3240. The number of fused-ring (bicyclic) bond motifs is 2. The van der Waals surface area contributed by atoms with Crippen molar-refractivity contribution in [2.45, 2.75) is 110 Å². The number of benzene rings is 2. The van der Waals surface area contributed by atoms with Crippen LogP contribution in [-0.4, -0.2) is 142 Å². The largest absolute Gasteiger partial charge is 0.392 e. The van der Waals surface area contributed by atoms with E-state index < -0.39 is 20.0 Å². The first-order valence-electron chi connectivity index (χ1n) is 25.0. The molecule has 0 saturated carbocycles. The number of halogens is 3. The number of aliphatic hydroxyl groups is 2. The van der Waals surface area contributed by atoms with Gasteiger partial charge >= 0.3 is 0 Å². The maximum atomic E-state index is 13.8. The first-order chi connectivity index (χ1) is 35.6. The van der Waals surface area contributed by atoms with Crippen molar-refractivity contribution in [3.63, 3.8) is 0 Å². The lowest BCUT2D eigenvalue weighted by molar-refractivity contribution is 0.0600. The van der Waals surface area contributed by atoms with Gasteiger partial charge in [-0.15, -0.1) is 0 Å². The number of nitrogens with zero attached hydrogens (tertiary/aromatic N) is 9. The third kappa shape index (κ3) is 14.6. The summed E-state index contributed by atoms with van der Waals surface area (Å²) in [6.07, 6.45) is 14.2. The van der Waals surface area contributed by atoms with E-state index in [-0.39, 0.29) is 66.0 Å². The molecule has 0 aliphatic carbocycles. The summed E-state index contributed by atoms with van der Waals surface area (Å²) in [5.74, 6) is 0.227. The minimum absolute atomic E-state index is 0. The second kappa shape index (κ2) is 25.0. The molecule has 4 atom stereocenters. The topological polar surface area (TPSA) is 249 Å². The summed E-state index contributed by atoms with van der Waals surface area (Å²) < 4.78 is 55.6. The van der Waals surface area contributed by atoms with Gasteiger partial charge in [0.1, 0.15) is 11.0 Å². The molecule has 10 rings (SSSR count). The molecule has 20 nitrogen and oxygen atoms in total. The number of hydrogen-bond acceptors (Lipinski definition) is 14. The number of rotatable bonds is 9. The van der Waals surface area contributed by atoms with Gasteiger partial charge in [-0.3, -0.25) is 19.0 Å². The molecule has 76 heavy (non-hydrogen) atoms. The van der Waals surface area contributed by atoms with Crippen LogP contribution < -0.4 is 19.7 Å². The smallest absolute Gasteiger partial charge is 0.256 e. The zero-order valence-electron chi connectivity index (χ0n) is 42.2. The van der Waals surface area contributed by atoms with Crippen molar-refractivity contribution in [1.29, 1.82) is 0 Å². The number of piperidine rings is 4. The van der Waals surface area contributed by atoms with E-state index in [1.54, 1.807) is 37.2 Å². The zero-order chi connectivity index (χ0) is 53.8. The number of likely N-dealkylation sites (tertiary alicyclic amines) is 2. The molecular formula is C51H67Cl3N12O8S2. The van der Waals surface area contributed by atoms with Crippen molar-refractivity contribution in [1.82, 2.24) is 44.3 Å². The Morgan fingerprint density at radius 1 is 0.645 bits per heavy atom. The molecule has 2 aromatic carbocycles. The summed E-state index contributed by atoms with van der Waals surface area (Å²) in [6, 6.07) is 12.3. The zero-order valence-corrected chi connectivity index (χ0v) is 46.1. The summed E-state index contributed by atoms with van der Waals surface area (Å²) in [6.45, 7) is 8.14. The number of anilines is 3. The highest BCUT2D eigenvalue weighted by Gasteiger charge is 2.34. The second-order valence-corrected chi connectivity index (χ2v) is 24.3. The molecule has 412 valence electrons. The van der Waals surface area contributed by atoms with E-state index in [4.69, 9.17) is 50.0 Å². The third-order valence-corrected chi connectivity index (χ3v) is 15.4. The van der Waals surface area contributed by atoms with Gasteiger partial charge < -0.3 is 30.2 Å². The van der Waals surface area contributed by atoms with E-state index in [1.807, 2.05) is 32.2 Å². The van der Waals surface area contributed by atoms with E-state index in [1.165, 1.54) is 24.3 Å². The number of carbonyl (C=O) groups is 2. The Hall–Kier alpha value is -5.33. The Balaban J connectivity index is 0.000000196. The van der Waals surface area contributed by atoms with Crippen molar-refractivity contribution in [2.24, 2.45) is 0 Å². The molecule has 0 bridgehead atoms. The molecule has 4 fully saturated rings. The van der Waals surface area contributed by atoms with Crippen LogP contribution in [0.25, 0.3) is 11.3 Å². The lowest BCUT2D eigenvalue weighted by atomic mass is 9.98. The van der Waals surface area contributed by atoms with Crippen LogP contribution in [0.5, 0.6) is 0 Å². The maximum absolute atomic E-state index is 13.8. The van der Waals surface area contributed by atoms with Crippen LogP contribution in [0.1, 0.15) is 127 Å². The fourth-order valence-corrected chi connectivity index (χ4v) is 11.5. The Kier molecular flexibility index (Phi) is 19.2. The molecule has 8 heterocycles. The SMILES string of the molecule is C.Cc1cn2nc([C@@H]3CCCCN3C(=O)c3cc(Cl)ccc3NS(C)(=O)=O)cc2nc1Cl.Cc1cn2nc([C@@H]3CCCCN3C(=O)c3cc(Cl)ccc3NS(C)(=O)=O)cc2nc1N1CCCC(O)C1.OC1CCCNC1. The lowest BCUT2D eigenvalue weighted by Crippen LogP contribution is -2.39. The van der Waals surface area contributed by atoms with Gasteiger partial charge in [-0.2, -0.15) is 10.2 Å². The third-order valence-electron chi connectivity index (χ3n) is 13.4. The summed E-state index contributed by atoms with van der Waals surface area (Å²) in [5, 5.41) is 32.6. The van der Waals surface area contributed by atoms with Crippen LogP contribution >= 0.6 is 34.8 Å². The lowest BCUT2D eigenvalue weighted by Gasteiger charge is -2.35. The molecule has 4 saturated heterocycles. The molecule has 4 aliphatic rings. The quantitative estimate of drug-likeness (QED) is 0.0866. The number of carbonyl (C=O) groups excluding carboxylic acids is 2. The fourth-order valence-electron chi connectivity index (χ4n) is 9.89. The van der Waals surface area contributed by atoms with Crippen LogP contribution in [0.15, 0.2) is 60.9 Å². The monoisotopic (exact) mass is 1140 g/mol. The highest BCUT2D eigenvalue weighted by Crippen LogP contribution is 2.36. The summed E-state index contributed by atoms with van der Waals surface area (Å²) >= 11 is 18.5. The molecule has 6 aromatic rings. The molecule has 0 radical (unpaired) electrons. The molecule has 2 unspecified atom stereocenters. The molecule has 2 amide bonds. The molecule has 5 N–H and O–H groups in total. The highest BCUT2D eigenvalue weighted by molar-refractivity contribution is 7.92. The number of sulfonamides is 2. The van der Waals surface area contributed by atoms with Crippen molar-refractivity contribution in [3.8, 4) is 0 Å². The van der Waals surface area contributed by atoms with Crippen LogP contribution in [0.3, 0.4) is 0 Å². The molecule has 0 spiro atoms. The van der Waals surface area contributed by atoms with Gasteiger partial charge in [0.25, 0.3) is 11.8 Å². The van der Waals surface area contributed by atoms with Gasteiger partial charge in [0.2, 0.25) is 20.0 Å². The normalized spacial score (nSPS) is 20.2. The highest BCUT2D eigenvalue weighted by atomic mass is 35.5. The van der Waals surface area contributed by atoms with Gasteiger partial charge in [0.15, 0.2) is 11.3 Å². The van der Waals surface area contributed by atoms with Gasteiger partial charge in [-0.1, -0.05) is 42.2 Å². The molecule has 4 aromatic heterocycles. The number of aryl methyl sites for hydroxylation is 2. The first-order valence-corrected chi connectivity index (χ1v) is 29.9. The van der Waals surface area contributed by atoms with Gasteiger partial charge in [0.05, 0.1) is 70.7 Å². The van der Waals surface area contributed by atoms with E-state index >= 15 is 0 Å². The number of aliphatic hydroxyl groups excluding tert-OH is 2. The number of aromatic nitrogens is 6. The van der Waals surface area contributed by atoms with Gasteiger partial charge in [0, 0.05) is 78.4 Å². The average Bonchev–Trinajstić information content (AvgIpc) is 3.98. The number of β-amino-alcohol motifs (C(OH)–C–C–N with tert-alkyl or cyclic N) is 2. The predicted molar refractivity (Wildman–Crippen MR) is 298 cm³/mol. The van der Waals surface area contributed by atoms with Crippen LogP contribution in [0.2, 0.25) is 15.2 Å². The summed E-state index contributed by atoms with van der Waals surface area (Å²) in [7, 11) is -7.16. The van der Waals surface area contributed by atoms with E-state index in [2.05, 4.69) is 29.7 Å². The van der Waals surface area contributed by atoms with Crippen molar-refractivity contribution in [3.05, 3.63) is 110 Å². The van der Waals surface area contributed by atoms with Crippen LogP contribution in [0, 0.1) is 13.8 Å². The summed E-state index contributed by atoms with van der Waals surface area (Å²) in [5.41, 5.74) is 5.28. The fraction of sp³-hybridized carbons (Fsp3) is 0.490. The average molecular weight is 1150 g/mol. The summed E-state index contributed by atoms with van der Waals surface area (Å²) in [4.78, 5) is 42.1. The second-order valence-electron chi connectivity index (χ2n) is 19.6. The van der Waals surface area contributed by atoms with Crippen LogP contribution in [0.4, 0.5) is 17.2 Å². The molecule has 25 heteroatoms. The Labute approximate surface area is 459 Å². The van der Waals surface area contributed by atoms with Crippen LogP contribution in [-0.2, 0) is 20.0 Å². The Morgan fingerprint density at radius 2 is 1.14 bits per heavy atom. The minimum Gasteiger partial charge on any atom is -0.392 e. The standard InChI is InChI=1S/C25H31ClN6O4S.C20H21Cl2N5O3S.C5H11NO.CH4/c1-16-14-32-23(27-24(16)30-10-5-6-18(33)15-30)13-21(28-32)22-7-3-4-11-31(22)25(34)19-12-17(26)8-9-20(19)29-37(2,35)36;1-12-11-27-18(23-19(12)22)10-16(24-27)17-5-3-4-8-26(17)20(28)14-9-13(21)6-7-15(14)25-31(2,29)30;7-5-2-1-3-6-4-5;/h8-9,12-14,18,22,29,33H,3-7,10-11,15H2,1-2H3;6-7,9-11,17,25H,3-5,8H2,1-2H3;5-7H,1-4H2;1H4/t18?,22-;17-;;/m00../s1. The number of amides is 2. The molecular weight excluding hydrogens is 1080 g/mol. The van der Waals surface area contributed by atoms with E-state index in [0.29, 0.717) is 51.8 Å². The van der Waals surface area contributed by atoms with Crippen molar-refractivity contribution in [2.75, 3.05) is 66.1 Å². The van der Waals surface area contributed by atoms with Crippen molar-refractivity contribution < 1.29 is 36.6 Å². The minimum atomic E-state index is -3.59. The maximum Gasteiger partial charge on any atom is 0.256 e. The van der Waals surface area contributed by atoms with Gasteiger partial charge in [-0.05, 0) is 121 Å².